The molecule has 1 aliphatic carbocycles. The van der Waals surface area contributed by atoms with Gasteiger partial charge in [0.15, 0.2) is 0 Å². The molecule has 0 radical (unpaired) electrons. The molecule has 1 N–H and O–H groups in total. The van der Waals surface area contributed by atoms with Crippen molar-refractivity contribution in [2.75, 3.05) is 18.0 Å². The first-order valence-electron chi connectivity index (χ1n) is 14.3. The van der Waals surface area contributed by atoms with Crippen LogP contribution >= 0.6 is 11.6 Å². The smallest absolute Gasteiger partial charge is 0.264 e. The number of carbonyl (C=O) groups is 2. The minimum Gasteiger partial charge on any atom is -0.497 e. The number of hydrogen-bond acceptors (Lipinski definition) is 5. The largest absolute Gasteiger partial charge is 0.497 e. The molecule has 3 aromatic carbocycles. The van der Waals surface area contributed by atoms with Gasteiger partial charge in [0, 0.05) is 23.7 Å². The van der Waals surface area contributed by atoms with Crippen molar-refractivity contribution >= 4 is 39.1 Å². The normalized spacial score (nSPS) is 14.5. The molecule has 0 aromatic heterocycles. The van der Waals surface area contributed by atoms with Gasteiger partial charge in [-0.3, -0.25) is 13.9 Å². The van der Waals surface area contributed by atoms with Crippen LogP contribution in [0.15, 0.2) is 83.8 Å². The summed E-state index contributed by atoms with van der Waals surface area (Å²) in [5.74, 6) is -0.328. The number of rotatable bonds is 12. The zero-order valence-electron chi connectivity index (χ0n) is 24.0. The molecule has 0 unspecified atom stereocenters. The Bertz CT molecular complexity index is 1460. The fraction of sp³-hybridized carbons (Fsp3) is 0.375. The van der Waals surface area contributed by atoms with Gasteiger partial charge in [0.2, 0.25) is 11.8 Å². The number of ether oxygens (including phenoxy) is 1. The zero-order valence-corrected chi connectivity index (χ0v) is 25.6. The number of sulfonamides is 1. The van der Waals surface area contributed by atoms with Crippen molar-refractivity contribution in [3.8, 4) is 5.75 Å². The Hall–Kier alpha value is -3.56. The number of methoxy groups -OCH3 is 1. The quantitative estimate of drug-likeness (QED) is 0.279. The van der Waals surface area contributed by atoms with E-state index in [4.69, 9.17) is 16.3 Å². The molecule has 0 heterocycles. The number of nitrogens with one attached hydrogen (secondary N) is 1. The maximum atomic E-state index is 14.2. The Kier molecular flexibility index (Phi) is 10.9. The molecule has 1 aliphatic rings. The molecular weight excluding hydrogens is 574 g/mol. The number of anilines is 1. The summed E-state index contributed by atoms with van der Waals surface area (Å²) in [6.07, 6.45) is 5.41. The number of hydrogen-bond donors (Lipinski definition) is 1. The van der Waals surface area contributed by atoms with Gasteiger partial charge in [-0.25, -0.2) is 8.42 Å². The molecule has 8 nitrogen and oxygen atoms in total. The monoisotopic (exact) mass is 611 g/mol. The highest BCUT2D eigenvalue weighted by Crippen LogP contribution is 2.28. The molecule has 3 aromatic rings. The van der Waals surface area contributed by atoms with Crippen molar-refractivity contribution in [2.45, 2.75) is 69.0 Å². The van der Waals surface area contributed by atoms with E-state index in [1.807, 2.05) is 13.0 Å². The average Bonchev–Trinajstić information content (AvgIpc) is 3.01. The summed E-state index contributed by atoms with van der Waals surface area (Å²) >= 11 is 6.49. The molecule has 10 heteroatoms. The van der Waals surface area contributed by atoms with Crippen LogP contribution in [0, 0.1) is 0 Å². The Morgan fingerprint density at radius 3 is 2.33 bits per heavy atom. The van der Waals surface area contributed by atoms with Crippen molar-refractivity contribution in [2.24, 2.45) is 0 Å². The van der Waals surface area contributed by atoms with Crippen molar-refractivity contribution in [1.82, 2.24) is 10.2 Å². The van der Waals surface area contributed by atoms with Crippen LogP contribution in [-0.4, -0.2) is 50.9 Å². The summed E-state index contributed by atoms with van der Waals surface area (Å²) in [6, 6.07) is 20.9. The van der Waals surface area contributed by atoms with Gasteiger partial charge in [0.05, 0.1) is 17.7 Å². The number of amides is 2. The second-order valence-electron chi connectivity index (χ2n) is 10.4. The maximum absolute atomic E-state index is 14.2. The number of halogens is 1. The van der Waals surface area contributed by atoms with Crippen molar-refractivity contribution in [3.05, 3.63) is 89.4 Å². The Balaban J connectivity index is 1.72. The fourth-order valence-corrected chi connectivity index (χ4v) is 6.91. The van der Waals surface area contributed by atoms with E-state index in [-0.39, 0.29) is 29.1 Å². The van der Waals surface area contributed by atoms with Crippen LogP contribution in [0.25, 0.3) is 0 Å². The lowest BCUT2D eigenvalue weighted by Gasteiger charge is -2.34. The van der Waals surface area contributed by atoms with Gasteiger partial charge in [0.25, 0.3) is 10.0 Å². The van der Waals surface area contributed by atoms with Gasteiger partial charge in [-0.05, 0) is 55.2 Å². The van der Waals surface area contributed by atoms with Crippen molar-refractivity contribution in [1.29, 1.82) is 0 Å². The van der Waals surface area contributed by atoms with Gasteiger partial charge in [-0.2, -0.15) is 0 Å². The molecule has 1 saturated carbocycles. The zero-order chi connectivity index (χ0) is 30.1. The van der Waals surface area contributed by atoms with Gasteiger partial charge in [-0.1, -0.05) is 80.3 Å². The van der Waals surface area contributed by atoms with E-state index in [2.05, 4.69) is 5.32 Å². The molecule has 4 rings (SSSR count). The number of nitrogens with zero attached hydrogens (tertiary/aromatic N) is 2. The Morgan fingerprint density at radius 1 is 0.976 bits per heavy atom. The predicted octanol–water partition coefficient (Wildman–Crippen LogP) is 5.80. The molecular formula is C32H38ClN3O5S. The van der Waals surface area contributed by atoms with E-state index in [9.17, 15) is 18.0 Å². The van der Waals surface area contributed by atoms with Gasteiger partial charge < -0.3 is 15.0 Å². The van der Waals surface area contributed by atoms with Crippen LogP contribution in [0.5, 0.6) is 5.75 Å². The van der Waals surface area contributed by atoms with Gasteiger partial charge in [-0.15, -0.1) is 0 Å². The molecule has 2 amide bonds. The lowest BCUT2D eigenvalue weighted by Crippen LogP contribution is -2.54. The van der Waals surface area contributed by atoms with Crippen molar-refractivity contribution < 1.29 is 22.7 Å². The van der Waals surface area contributed by atoms with E-state index in [0.29, 0.717) is 22.8 Å². The highest BCUT2D eigenvalue weighted by molar-refractivity contribution is 7.92. The van der Waals surface area contributed by atoms with Crippen LogP contribution in [-0.2, 0) is 26.2 Å². The van der Waals surface area contributed by atoms with E-state index in [1.54, 1.807) is 60.7 Å². The summed E-state index contributed by atoms with van der Waals surface area (Å²) in [5.41, 5.74) is 0.930. The number of benzene rings is 3. The fourth-order valence-electron chi connectivity index (χ4n) is 5.29. The maximum Gasteiger partial charge on any atom is 0.264 e. The lowest BCUT2D eigenvalue weighted by atomic mass is 9.95. The summed E-state index contributed by atoms with van der Waals surface area (Å²) in [6.45, 7) is 1.37. The van der Waals surface area contributed by atoms with Crippen LogP contribution in [0.1, 0.15) is 51.0 Å². The topological polar surface area (TPSA) is 96.0 Å². The van der Waals surface area contributed by atoms with Gasteiger partial charge in [0.1, 0.15) is 18.3 Å². The predicted molar refractivity (Wildman–Crippen MR) is 165 cm³/mol. The standard InChI is InChI=1S/C32H38ClN3O5S/c1-3-30(32(38)34-25-14-6-4-7-15-25)35(22-24-13-10-11-20-29(24)33)31(37)23-36(26-16-12-17-27(21-26)41-2)42(39,40)28-18-8-5-9-19-28/h5,8-13,16-21,25,30H,3-4,6-7,14-15,22-23H2,1-2H3,(H,34,38)/t30-/m1/s1. The summed E-state index contributed by atoms with van der Waals surface area (Å²) in [7, 11) is -2.67. The first-order valence-corrected chi connectivity index (χ1v) is 16.1. The minimum atomic E-state index is -4.16. The summed E-state index contributed by atoms with van der Waals surface area (Å²) < 4.78 is 34.3. The minimum absolute atomic E-state index is 0.0420. The van der Waals surface area contributed by atoms with E-state index < -0.39 is 28.5 Å². The van der Waals surface area contributed by atoms with Crippen LogP contribution in [0.3, 0.4) is 0 Å². The molecule has 1 fully saturated rings. The third-order valence-corrected chi connectivity index (χ3v) is 9.74. The van der Waals surface area contributed by atoms with Crippen LogP contribution in [0.4, 0.5) is 5.69 Å². The Morgan fingerprint density at radius 2 is 1.67 bits per heavy atom. The summed E-state index contributed by atoms with van der Waals surface area (Å²) in [5, 5.41) is 3.61. The number of carbonyl (C=O) groups excluding carboxylic acids is 2. The van der Waals surface area contributed by atoms with E-state index in [0.717, 1.165) is 36.4 Å². The average molecular weight is 612 g/mol. The first kappa shape index (κ1) is 31.4. The molecule has 0 aliphatic heterocycles. The van der Waals surface area contributed by atoms with Gasteiger partial charge >= 0.3 is 0 Å². The molecule has 0 saturated heterocycles. The van der Waals surface area contributed by atoms with E-state index >= 15 is 0 Å². The SMILES string of the molecule is CC[C@H](C(=O)NC1CCCCC1)N(Cc1ccccc1Cl)C(=O)CN(c1cccc(OC)c1)S(=O)(=O)c1ccccc1. The second-order valence-corrected chi connectivity index (χ2v) is 12.7. The molecule has 0 spiro atoms. The summed E-state index contributed by atoms with van der Waals surface area (Å²) in [4.78, 5) is 29.4. The second kappa shape index (κ2) is 14.6. The van der Waals surface area contributed by atoms with Crippen LogP contribution in [0.2, 0.25) is 5.02 Å². The van der Waals surface area contributed by atoms with Crippen molar-refractivity contribution in [3.63, 3.8) is 0 Å². The first-order chi connectivity index (χ1) is 20.2. The molecule has 224 valence electrons. The van der Waals surface area contributed by atoms with Crippen LogP contribution < -0.4 is 14.4 Å². The van der Waals surface area contributed by atoms with E-state index in [1.165, 1.54) is 24.1 Å². The third kappa shape index (κ3) is 7.63. The highest BCUT2D eigenvalue weighted by atomic mass is 35.5. The lowest BCUT2D eigenvalue weighted by molar-refractivity contribution is -0.140. The molecule has 42 heavy (non-hydrogen) atoms. The Labute approximate surface area is 253 Å². The highest BCUT2D eigenvalue weighted by Gasteiger charge is 2.34. The molecule has 0 bridgehead atoms. The molecule has 1 atom stereocenters. The third-order valence-electron chi connectivity index (χ3n) is 7.59.